The smallest absolute Gasteiger partial charge is 0.262 e. The molecule has 0 radical (unpaired) electrons. The number of carbonyl (C=O) groups is 1. The van der Waals surface area contributed by atoms with Crippen molar-refractivity contribution in [2.24, 2.45) is 0 Å². The molecule has 0 N–H and O–H groups in total. The van der Waals surface area contributed by atoms with Gasteiger partial charge in [-0.2, -0.15) is 0 Å². The van der Waals surface area contributed by atoms with Gasteiger partial charge in [0.25, 0.3) is 5.91 Å². The fourth-order valence-corrected chi connectivity index (χ4v) is 4.76. The van der Waals surface area contributed by atoms with Crippen LogP contribution in [-0.4, -0.2) is 50.1 Å². The standard InChI is InChI=1S/C28H30FN3O2/c29-22-12-14-23(15-13-22)31-20-18-30(19-21-31)16-6-1-7-17-32-25-9-3-5-11-27(25)34-26-10-4-2-8-24(26)28(32)33/h2-5,8-15H,1,6-7,16-21H2. The maximum atomic E-state index is 13.3. The van der Waals surface area contributed by atoms with Crippen molar-refractivity contribution in [1.29, 1.82) is 0 Å². The maximum absolute atomic E-state index is 13.3. The number of amides is 1. The van der Waals surface area contributed by atoms with Gasteiger partial charge in [-0.25, -0.2) is 4.39 Å². The van der Waals surface area contributed by atoms with Gasteiger partial charge in [0.15, 0.2) is 5.75 Å². The Morgan fingerprint density at radius 1 is 0.735 bits per heavy atom. The van der Waals surface area contributed by atoms with E-state index in [2.05, 4.69) is 9.80 Å². The fraction of sp³-hybridized carbons (Fsp3) is 0.321. The van der Waals surface area contributed by atoms with Crippen LogP contribution >= 0.6 is 0 Å². The topological polar surface area (TPSA) is 36.0 Å². The van der Waals surface area contributed by atoms with E-state index in [9.17, 15) is 9.18 Å². The number of nitrogens with zero attached hydrogens (tertiary/aromatic N) is 3. The molecule has 5 rings (SSSR count). The highest BCUT2D eigenvalue weighted by atomic mass is 19.1. The van der Waals surface area contributed by atoms with Crippen LogP contribution in [0.15, 0.2) is 72.8 Å². The molecule has 0 atom stereocenters. The molecule has 2 aliphatic heterocycles. The Morgan fingerprint density at radius 3 is 2.21 bits per heavy atom. The van der Waals surface area contributed by atoms with Gasteiger partial charge in [0.1, 0.15) is 11.6 Å². The molecule has 3 aromatic carbocycles. The minimum Gasteiger partial charge on any atom is -0.454 e. The van der Waals surface area contributed by atoms with Gasteiger partial charge in [-0.1, -0.05) is 30.7 Å². The lowest BCUT2D eigenvalue weighted by Gasteiger charge is -2.36. The molecule has 0 bridgehead atoms. The van der Waals surface area contributed by atoms with Crippen LogP contribution in [0.2, 0.25) is 0 Å². The molecule has 1 fully saturated rings. The van der Waals surface area contributed by atoms with Crippen molar-refractivity contribution in [1.82, 2.24) is 4.90 Å². The molecule has 0 unspecified atom stereocenters. The SMILES string of the molecule is O=C1c2ccccc2Oc2ccccc2N1CCCCCN1CCN(c2ccc(F)cc2)CC1. The zero-order valence-electron chi connectivity index (χ0n) is 19.3. The zero-order valence-corrected chi connectivity index (χ0v) is 19.3. The van der Waals surface area contributed by atoms with E-state index in [-0.39, 0.29) is 11.7 Å². The molecule has 0 aliphatic carbocycles. The van der Waals surface area contributed by atoms with E-state index in [0.29, 0.717) is 17.9 Å². The van der Waals surface area contributed by atoms with Crippen molar-refractivity contribution in [2.75, 3.05) is 49.1 Å². The summed E-state index contributed by atoms with van der Waals surface area (Å²) in [7, 11) is 0. The van der Waals surface area contributed by atoms with Gasteiger partial charge < -0.3 is 14.5 Å². The second-order valence-electron chi connectivity index (χ2n) is 8.89. The molecule has 0 aromatic heterocycles. The second-order valence-corrected chi connectivity index (χ2v) is 8.89. The first kappa shape index (κ1) is 22.4. The van der Waals surface area contributed by atoms with Crippen molar-refractivity contribution in [3.8, 4) is 11.5 Å². The molecule has 1 saturated heterocycles. The first-order valence-electron chi connectivity index (χ1n) is 12.1. The highest BCUT2D eigenvalue weighted by Crippen LogP contribution is 2.38. The molecular weight excluding hydrogens is 429 g/mol. The van der Waals surface area contributed by atoms with E-state index < -0.39 is 0 Å². The van der Waals surface area contributed by atoms with Gasteiger partial charge in [-0.3, -0.25) is 9.69 Å². The number of hydrogen-bond donors (Lipinski definition) is 0. The summed E-state index contributed by atoms with van der Waals surface area (Å²) in [5.41, 5.74) is 2.53. The molecule has 0 saturated carbocycles. The van der Waals surface area contributed by atoms with Crippen LogP contribution in [0.1, 0.15) is 29.6 Å². The summed E-state index contributed by atoms with van der Waals surface area (Å²) >= 11 is 0. The normalized spacial score (nSPS) is 16.0. The monoisotopic (exact) mass is 459 g/mol. The van der Waals surface area contributed by atoms with Gasteiger partial charge in [0, 0.05) is 38.4 Å². The number of fused-ring (bicyclic) bond motifs is 2. The van der Waals surface area contributed by atoms with Crippen LogP contribution in [0.4, 0.5) is 15.8 Å². The molecular formula is C28H30FN3O2. The summed E-state index contributed by atoms with van der Waals surface area (Å²) in [6.07, 6.45) is 3.11. The number of piperazine rings is 1. The van der Waals surface area contributed by atoms with Crippen molar-refractivity contribution in [3.05, 3.63) is 84.2 Å². The molecule has 6 heteroatoms. The number of ether oxygens (including phenoxy) is 1. The molecule has 34 heavy (non-hydrogen) atoms. The first-order chi connectivity index (χ1) is 16.7. The molecule has 0 spiro atoms. The van der Waals surface area contributed by atoms with Crippen LogP contribution in [0.5, 0.6) is 11.5 Å². The number of benzene rings is 3. The van der Waals surface area contributed by atoms with Crippen molar-refractivity contribution in [2.45, 2.75) is 19.3 Å². The number of para-hydroxylation sites is 3. The van der Waals surface area contributed by atoms with E-state index in [0.717, 1.165) is 69.1 Å². The van der Waals surface area contributed by atoms with Gasteiger partial charge in [-0.15, -0.1) is 0 Å². The average Bonchev–Trinajstić information content (AvgIpc) is 2.99. The summed E-state index contributed by atoms with van der Waals surface area (Å²) in [6.45, 7) is 5.70. The summed E-state index contributed by atoms with van der Waals surface area (Å²) in [5, 5.41) is 0. The third-order valence-corrected chi connectivity index (χ3v) is 6.66. The predicted molar refractivity (Wildman–Crippen MR) is 134 cm³/mol. The highest BCUT2D eigenvalue weighted by molar-refractivity contribution is 6.09. The van der Waals surface area contributed by atoms with Gasteiger partial charge in [-0.05, 0) is 67.9 Å². The highest BCUT2D eigenvalue weighted by Gasteiger charge is 2.27. The second kappa shape index (κ2) is 10.3. The molecule has 5 nitrogen and oxygen atoms in total. The van der Waals surface area contributed by atoms with Crippen molar-refractivity contribution < 1.29 is 13.9 Å². The average molecular weight is 460 g/mol. The Bertz CT molecular complexity index is 1130. The third-order valence-electron chi connectivity index (χ3n) is 6.66. The van der Waals surface area contributed by atoms with Crippen LogP contribution in [0.25, 0.3) is 0 Å². The Balaban J connectivity index is 1.11. The van der Waals surface area contributed by atoms with Gasteiger partial charge >= 0.3 is 0 Å². The van der Waals surface area contributed by atoms with E-state index in [1.165, 1.54) is 12.1 Å². The lowest BCUT2D eigenvalue weighted by molar-refractivity contribution is 0.0986. The summed E-state index contributed by atoms with van der Waals surface area (Å²) < 4.78 is 19.2. The Morgan fingerprint density at radius 2 is 1.41 bits per heavy atom. The maximum Gasteiger partial charge on any atom is 0.262 e. The Kier molecular flexibility index (Phi) is 6.77. The van der Waals surface area contributed by atoms with Crippen molar-refractivity contribution >= 4 is 17.3 Å². The molecule has 1 amide bonds. The van der Waals surface area contributed by atoms with E-state index in [4.69, 9.17) is 4.74 Å². The Labute approximate surface area is 200 Å². The van der Waals surface area contributed by atoms with Gasteiger partial charge in [0.05, 0.1) is 11.3 Å². The lowest BCUT2D eigenvalue weighted by atomic mass is 10.1. The lowest BCUT2D eigenvalue weighted by Crippen LogP contribution is -2.46. The minimum absolute atomic E-state index is 0.00235. The third kappa shape index (κ3) is 4.92. The molecule has 176 valence electrons. The number of carbonyl (C=O) groups excluding carboxylic acids is 1. The zero-order chi connectivity index (χ0) is 23.3. The minimum atomic E-state index is -0.190. The van der Waals surface area contributed by atoms with E-state index >= 15 is 0 Å². The van der Waals surface area contributed by atoms with Gasteiger partial charge in [0.2, 0.25) is 0 Å². The van der Waals surface area contributed by atoms with Crippen LogP contribution in [-0.2, 0) is 0 Å². The quantitative estimate of drug-likeness (QED) is 0.433. The Hall–Kier alpha value is -3.38. The molecule has 3 aromatic rings. The number of unbranched alkanes of at least 4 members (excludes halogenated alkanes) is 2. The van der Waals surface area contributed by atoms with E-state index in [1.54, 1.807) is 0 Å². The van der Waals surface area contributed by atoms with Crippen LogP contribution < -0.4 is 14.5 Å². The summed E-state index contributed by atoms with van der Waals surface area (Å²) in [6, 6.07) is 22.0. The fourth-order valence-electron chi connectivity index (χ4n) is 4.76. The number of rotatable bonds is 7. The summed E-state index contributed by atoms with van der Waals surface area (Å²) in [4.78, 5) is 20.0. The number of hydrogen-bond acceptors (Lipinski definition) is 4. The first-order valence-corrected chi connectivity index (χ1v) is 12.1. The van der Waals surface area contributed by atoms with Crippen LogP contribution in [0, 0.1) is 5.82 Å². The molecule has 2 heterocycles. The predicted octanol–water partition coefficient (Wildman–Crippen LogP) is 5.57. The van der Waals surface area contributed by atoms with E-state index in [1.807, 2.05) is 65.6 Å². The van der Waals surface area contributed by atoms with Crippen LogP contribution in [0.3, 0.4) is 0 Å². The number of halogens is 1. The molecule has 2 aliphatic rings. The summed E-state index contributed by atoms with van der Waals surface area (Å²) in [5.74, 6) is 1.14. The number of anilines is 2. The largest absolute Gasteiger partial charge is 0.454 e. The van der Waals surface area contributed by atoms with Crippen molar-refractivity contribution in [3.63, 3.8) is 0 Å².